The molecule has 22 heavy (non-hydrogen) atoms. The van der Waals surface area contributed by atoms with Crippen LogP contribution in [0, 0.1) is 0 Å². The molecule has 0 saturated heterocycles. The maximum absolute atomic E-state index is 12.3. The van der Waals surface area contributed by atoms with Crippen LogP contribution in [0.4, 0.5) is 0 Å². The van der Waals surface area contributed by atoms with Gasteiger partial charge in [-0.25, -0.2) is 0 Å². The second-order valence-corrected chi connectivity index (χ2v) is 5.67. The van der Waals surface area contributed by atoms with Gasteiger partial charge in [-0.1, -0.05) is 42.7 Å². The Bertz CT molecular complexity index is 642. The molecular formula is C16H20ClN3O2. The molecule has 0 aliphatic heterocycles. The molecule has 0 radical (unpaired) electrons. The third-order valence-electron chi connectivity index (χ3n) is 3.98. The molecule has 0 bridgehead atoms. The van der Waals surface area contributed by atoms with Crippen LogP contribution in [0.1, 0.15) is 37.2 Å². The largest absolute Gasteiger partial charge is 0.350 e. The van der Waals surface area contributed by atoms with Crippen LogP contribution >= 0.6 is 11.6 Å². The molecule has 0 saturated carbocycles. The van der Waals surface area contributed by atoms with E-state index < -0.39 is 5.54 Å². The number of hydrogen-bond donors (Lipinski definition) is 2. The Labute approximate surface area is 134 Å². The van der Waals surface area contributed by atoms with Crippen LogP contribution in [-0.2, 0) is 0 Å². The summed E-state index contributed by atoms with van der Waals surface area (Å²) in [4.78, 5) is 12.3. The van der Waals surface area contributed by atoms with Crippen LogP contribution in [0.3, 0.4) is 0 Å². The standard InChI is InChI=1S/C16H20ClN3O2/c1-3-16(4-2,10-18)19-15(21)14-9-13(20-22-14)11-6-5-7-12(17)8-11/h5-9H,3-4,10,18H2,1-2H3,(H,19,21). The SMILES string of the molecule is CCC(CC)(CN)NC(=O)c1cc(-c2cccc(Cl)c2)no1. The number of amides is 1. The van der Waals surface area contributed by atoms with Gasteiger partial charge in [0.15, 0.2) is 0 Å². The van der Waals surface area contributed by atoms with Gasteiger partial charge >= 0.3 is 0 Å². The van der Waals surface area contributed by atoms with Gasteiger partial charge in [0.2, 0.25) is 5.76 Å². The Hall–Kier alpha value is -1.85. The summed E-state index contributed by atoms with van der Waals surface area (Å²) in [6, 6.07) is 8.82. The second kappa shape index (κ2) is 6.94. The number of carbonyl (C=O) groups is 1. The first-order valence-corrected chi connectivity index (χ1v) is 7.66. The number of carbonyl (C=O) groups excluding carboxylic acids is 1. The van der Waals surface area contributed by atoms with E-state index in [-0.39, 0.29) is 11.7 Å². The van der Waals surface area contributed by atoms with E-state index in [4.69, 9.17) is 21.9 Å². The molecule has 2 rings (SSSR count). The summed E-state index contributed by atoms with van der Waals surface area (Å²) in [5, 5.41) is 7.48. The minimum absolute atomic E-state index is 0.162. The van der Waals surface area contributed by atoms with E-state index in [0.717, 1.165) is 18.4 Å². The van der Waals surface area contributed by atoms with Gasteiger partial charge in [-0.3, -0.25) is 4.79 Å². The molecule has 1 heterocycles. The zero-order valence-corrected chi connectivity index (χ0v) is 13.5. The van der Waals surface area contributed by atoms with Crippen LogP contribution in [0.15, 0.2) is 34.9 Å². The first-order valence-electron chi connectivity index (χ1n) is 7.29. The fraction of sp³-hybridized carbons (Fsp3) is 0.375. The number of hydrogen-bond acceptors (Lipinski definition) is 4. The van der Waals surface area contributed by atoms with Crippen molar-refractivity contribution in [2.45, 2.75) is 32.2 Å². The van der Waals surface area contributed by atoms with Gasteiger partial charge in [0.1, 0.15) is 5.69 Å². The summed E-state index contributed by atoms with van der Waals surface area (Å²) in [6.45, 7) is 4.36. The molecule has 0 atom stereocenters. The van der Waals surface area contributed by atoms with Gasteiger partial charge in [-0.05, 0) is 25.0 Å². The van der Waals surface area contributed by atoms with Crippen LogP contribution < -0.4 is 11.1 Å². The van der Waals surface area contributed by atoms with Crippen LogP contribution in [0.2, 0.25) is 5.02 Å². The molecule has 3 N–H and O–H groups in total. The molecule has 1 aromatic heterocycles. The summed E-state index contributed by atoms with van der Waals surface area (Å²) in [5.74, 6) is -0.148. The van der Waals surface area contributed by atoms with E-state index in [1.807, 2.05) is 26.0 Å². The van der Waals surface area contributed by atoms with Crippen molar-refractivity contribution in [2.75, 3.05) is 6.54 Å². The lowest BCUT2D eigenvalue weighted by molar-refractivity contribution is 0.0857. The van der Waals surface area contributed by atoms with E-state index in [0.29, 0.717) is 17.3 Å². The number of nitrogens with zero attached hydrogens (tertiary/aromatic N) is 1. The summed E-state index contributed by atoms with van der Waals surface area (Å²) in [5.41, 5.74) is 6.74. The van der Waals surface area contributed by atoms with Gasteiger partial charge < -0.3 is 15.6 Å². The minimum Gasteiger partial charge on any atom is -0.350 e. The average Bonchev–Trinajstić information content (AvgIpc) is 3.03. The van der Waals surface area contributed by atoms with Gasteiger partial charge in [0.25, 0.3) is 5.91 Å². The average molecular weight is 322 g/mol. The molecule has 1 amide bonds. The normalized spacial score (nSPS) is 11.5. The number of nitrogens with one attached hydrogen (secondary N) is 1. The highest BCUT2D eigenvalue weighted by Gasteiger charge is 2.28. The molecule has 0 aliphatic carbocycles. The molecule has 0 unspecified atom stereocenters. The monoisotopic (exact) mass is 321 g/mol. The van der Waals surface area contributed by atoms with Crippen molar-refractivity contribution in [1.29, 1.82) is 0 Å². The Morgan fingerprint density at radius 1 is 1.36 bits per heavy atom. The van der Waals surface area contributed by atoms with Gasteiger partial charge in [-0.2, -0.15) is 0 Å². The number of aromatic nitrogens is 1. The molecule has 5 nitrogen and oxygen atoms in total. The molecule has 6 heteroatoms. The predicted octanol–water partition coefficient (Wildman–Crippen LogP) is 3.24. The molecular weight excluding hydrogens is 302 g/mol. The maximum atomic E-state index is 12.3. The maximum Gasteiger partial charge on any atom is 0.290 e. The van der Waals surface area contributed by atoms with E-state index >= 15 is 0 Å². The number of nitrogens with two attached hydrogens (primary N) is 1. The Morgan fingerprint density at radius 2 is 2.09 bits per heavy atom. The highest BCUT2D eigenvalue weighted by atomic mass is 35.5. The fourth-order valence-electron chi connectivity index (χ4n) is 2.23. The Morgan fingerprint density at radius 3 is 2.68 bits per heavy atom. The van der Waals surface area contributed by atoms with Crippen LogP contribution in [0.5, 0.6) is 0 Å². The number of rotatable bonds is 6. The van der Waals surface area contributed by atoms with Crippen molar-refractivity contribution in [3.05, 3.63) is 41.1 Å². The summed E-state index contributed by atoms with van der Waals surface area (Å²) in [7, 11) is 0. The summed E-state index contributed by atoms with van der Waals surface area (Å²) < 4.78 is 5.15. The lowest BCUT2D eigenvalue weighted by Gasteiger charge is -2.30. The smallest absolute Gasteiger partial charge is 0.290 e. The van der Waals surface area contributed by atoms with Gasteiger partial charge in [-0.15, -0.1) is 0 Å². The first kappa shape index (κ1) is 16.5. The second-order valence-electron chi connectivity index (χ2n) is 5.23. The zero-order chi connectivity index (χ0) is 16.2. The van der Waals surface area contributed by atoms with Crippen molar-refractivity contribution >= 4 is 17.5 Å². The van der Waals surface area contributed by atoms with Crippen molar-refractivity contribution in [1.82, 2.24) is 10.5 Å². The third kappa shape index (κ3) is 3.48. The minimum atomic E-state index is -0.417. The predicted molar refractivity (Wildman–Crippen MR) is 86.8 cm³/mol. The van der Waals surface area contributed by atoms with E-state index in [2.05, 4.69) is 10.5 Å². The molecule has 0 spiro atoms. The highest BCUT2D eigenvalue weighted by molar-refractivity contribution is 6.30. The Balaban J connectivity index is 2.19. The number of benzene rings is 1. The van der Waals surface area contributed by atoms with Crippen LogP contribution in [-0.4, -0.2) is 23.1 Å². The van der Waals surface area contributed by atoms with Crippen molar-refractivity contribution in [3.8, 4) is 11.3 Å². The van der Waals surface area contributed by atoms with Gasteiger partial charge in [0.05, 0.1) is 5.54 Å². The fourth-order valence-corrected chi connectivity index (χ4v) is 2.43. The molecule has 1 aromatic carbocycles. The van der Waals surface area contributed by atoms with Crippen molar-refractivity contribution < 1.29 is 9.32 Å². The zero-order valence-electron chi connectivity index (χ0n) is 12.7. The highest BCUT2D eigenvalue weighted by Crippen LogP contribution is 2.23. The van der Waals surface area contributed by atoms with Gasteiger partial charge in [0, 0.05) is 23.2 Å². The third-order valence-corrected chi connectivity index (χ3v) is 4.21. The number of halogens is 1. The lowest BCUT2D eigenvalue weighted by Crippen LogP contribution is -2.52. The van der Waals surface area contributed by atoms with E-state index in [9.17, 15) is 4.79 Å². The van der Waals surface area contributed by atoms with E-state index in [1.54, 1.807) is 18.2 Å². The van der Waals surface area contributed by atoms with E-state index in [1.165, 1.54) is 0 Å². The lowest BCUT2D eigenvalue weighted by atomic mass is 9.93. The van der Waals surface area contributed by atoms with Crippen LogP contribution in [0.25, 0.3) is 11.3 Å². The topological polar surface area (TPSA) is 81.1 Å². The molecule has 2 aromatic rings. The van der Waals surface area contributed by atoms with Crippen molar-refractivity contribution in [2.24, 2.45) is 5.73 Å². The quantitative estimate of drug-likeness (QED) is 0.855. The first-order chi connectivity index (χ1) is 10.5. The molecule has 0 fully saturated rings. The summed E-state index contributed by atoms with van der Waals surface area (Å²) >= 11 is 5.96. The molecule has 0 aliphatic rings. The van der Waals surface area contributed by atoms with Crippen molar-refractivity contribution in [3.63, 3.8) is 0 Å². The Kier molecular flexibility index (Phi) is 5.21. The molecule has 118 valence electrons. The summed E-state index contributed by atoms with van der Waals surface area (Å²) in [6.07, 6.45) is 1.50.